The number of rotatable bonds is 5. The van der Waals surface area contributed by atoms with Gasteiger partial charge in [0.15, 0.2) is 0 Å². The lowest BCUT2D eigenvalue weighted by atomic mass is 9.77. The number of hydrogen-bond donors (Lipinski definition) is 1. The van der Waals surface area contributed by atoms with Gasteiger partial charge in [-0.25, -0.2) is 0 Å². The van der Waals surface area contributed by atoms with E-state index in [4.69, 9.17) is 5.73 Å². The molecule has 2 fully saturated rings. The number of hydrogen-bond acceptors (Lipinski definition) is 4. The van der Waals surface area contributed by atoms with Crippen LogP contribution in [0.4, 0.5) is 18.9 Å². The van der Waals surface area contributed by atoms with E-state index in [2.05, 4.69) is 16.8 Å². The fraction of sp³-hybridized carbons (Fsp3) is 0.600. The van der Waals surface area contributed by atoms with Crippen LogP contribution in [-0.2, 0) is 11.0 Å². The van der Waals surface area contributed by atoms with E-state index in [1.54, 1.807) is 18.2 Å². The first-order valence-electron chi connectivity index (χ1n) is 11.6. The maximum atomic E-state index is 13.5. The molecular formula is C25H32F3N3O. The van der Waals surface area contributed by atoms with Gasteiger partial charge < -0.3 is 10.6 Å². The summed E-state index contributed by atoms with van der Waals surface area (Å²) in [7, 11) is 0. The Balaban J connectivity index is 1.52. The van der Waals surface area contributed by atoms with Crippen molar-refractivity contribution in [1.29, 1.82) is 0 Å². The molecule has 1 aliphatic carbocycles. The number of pyridine rings is 1. The van der Waals surface area contributed by atoms with E-state index in [0.29, 0.717) is 30.7 Å². The van der Waals surface area contributed by atoms with Crippen LogP contribution in [0.5, 0.6) is 0 Å². The molecule has 0 unspecified atom stereocenters. The summed E-state index contributed by atoms with van der Waals surface area (Å²) in [5, 5.41) is 0.504. The zero-order valence-corrected chi connectivity index (χ0v) is 18.6. The molecule has 2 aromatic rings. The van der Waals surface area contributed by atoms with E-state index >= 15 is 0 Å². The smallest absolute Gasteiger partial charge is 0.370 e. The SMILES string of the molecule is C[C@H]1C[C@@H](CC(=O)CC2(N)CCCCC2)CN(c2ccc(C(F)(F)F)c3ncccc23)C1. The molecule has 2 atom stereocenters. The van der Waals surface area contributed by atoms with Gasteiger partial charge in [0.1, 0.15) is 5.78 Å². The average Bonchev–Trinajstić information content (AvgIpc) is 2.71. The second kappa shape index (κ2) is 9.00. The van der Waals surface area contributed by atoms with Crippen molar-refractivity contribution in [2.24, 2.45) is 17.6 Å². The Morgan fingerprint density at radius 1 is 1.19 bits per heavy atom. The number of carbonyl (C=O) groups is 1. The monoisotopic (exact) mass is 447 g/mol. The van der Waals surface area contributed by atoms with Crippen LogP contribution in [0, 0.1) is 11.8 Å². The lowest BCUT2D eigenvalue weighted by Crippen LogP contribution is -2.45. The molecule has 4 nitrogen and oxygen atoms in total. The number of nitrogens with zero attached hydrogens (tertiary/aromatic N) is 2. The van der Waals surface area contributed by atoms with E-state index in [9.17, 15) is 18.0 Å². The quantitative estimate of drug-likeness (QED) is 0.636. The van der Waals surface area contributed by atoms with Crippen molar-refractivity contribution in [3.05, 3.63) is 36.0 Å². The van der Waals surface area contributed by atoms with Crippen LogP contribution in [0.1, 0.15) is 63.9 Å². The van der Waals surface area contributed by atoms with Gasteiger partial charge in [-0.3, -0.25) is 9.78 Å². The number of benzene rings is 1. The maximum absolute atomic E-state index is 13.5. The van der Waals surface area contributed by atoms with Crippen LogP contribution < -0.4 is 10.6 Å². The third-order valence-electron chi connectivity index (χ3n) is 7.05. The number of alkyl halides is 3. The highest BCUT2D eigenvalue weighted by atomic mass is 19.4. The molecule has 0 radical (unpaired) electrons. The number of piperidine rings is 1. The molecule has 1 aromatic carbocycles. The molecule has 32 heavy (non-hydrogen) atoms. The molecule has 1 aliphatic heterocycles. The number of aromatic nitrogens is 1. The van der Waals surface area contributed by atoms with Gasteiger partial charge in [-0.1, -0.05) is 26.2 Å². The van der Waals surface area contributed by atoms with Crippen molar-refractivity contribution in [3.8, 4) is 0 Å². The van der Waals surface area contributed by atoms with E-state index in [-0.39, 0.29) is 22.8 Å². The van der Waals surface area contributed by atoms with Gasteiger partial charge in [0.25, 0.3) is 0 Å². The van der Waals surface area contributed by atoms with Crippen molar-refractivity contribution < 1.29 is 18.0 Å². The summed E-state index contributed by atoms with van der Waals surface area (Å²) in [4.78, 5) is 19.0. The van der Waals surface area contributed by atoms with Crippen molar-refractivity contribution in [1.82, 2.24) is 4.98 Å². The van der Waals surface area contributed by atoms with Gasteiger partial charge in [-0.2, -0.15) is 13.2 Å². The first kappa shape index (κ1) is 23.0. The Morgan fingerprint density at radius 3 is 2.66 bits per heavy atom. The first-order chi connectivity index (χ1) is 15.1. The minimum atomic E-state index is -4.45. The first-order valence-corrected chi connectivity index (χ1v) is 11.6. The summed E-state index contributed by atoms with van der Waals surface area (Å²) in [5.74, 6) is 0.733. The summed E-state index contributed by atoms with van der Waals surface area (Å²) < 4.78 is 40.4. The number of Topliss-reactive ketones (excluding diaryl/α,β-unsaturated/α-hetero) is 1. The van der Waals surface area contributed by atoms with Crippen LogP contribution in [0.15, 0.2) is 30.5 Å². The van der Waals surface area contributed by atoms with E-state index in [0.717, 1.165) is 50.4 Å². The number of carbonyl (C=O) groups excluding carboxylic acids is 1. The largest absolute Gasteiger partial charge is 0.418 e. The van der Waals surface area contributed by atoms with Crippen LogP contribution >= 0.6 is 0 Å². The highest BCUT2D eigenvalue weighted by Gasteiger charge is 2.35. The number of nitrogens with two attached hydrogens (primary N) is 1. The van der Waals surface area contributed by atoms with E-state index in [1.807, 2.05) is 0 Å². The average molecular weight is 448 g/mol. The fourth-order valence-electron chi connectivity index (χ4n) is 5.71. The topological polar surface area (TPSA) is 59.2 Å². The Hall–Kier alpha value is -2.15. The molecule has 0 bridgehead atoms. The Labute approximate surface area is 187 Å². The zero-order valence-electron chi connectivity index (χ0n) is 18.6. The molecule has 2 heterocycles. The van der Waals surface area contributed by atoms with Crippen molar-refractivity contribution in [3.63, 3.8) is 0 Å². The van der Waals surface area contributed by atoms with Crippen LogP contribution in [0.2, 0.25) is 0 Å². The van der Waals surface area contributed by atoms with Gasteiger partial charge in [-0.15, -0.1) is 0 Å². The van der Waals surface area contributed by atoms with Crippen LogP contribution in [0.3, 0.4) is 0 Å². The van der Waals surface area contributed by atoms with Gasteiger partial charge in [0.05, 0.1) is 11.1 Å². The molecule has 2 aliphatic rings. The molecule has 1 saturated heterocycles. The normalized spacial score (nSPS) is 24.0. The second-order valence-electron chi connectivity index (χ2n) is 9.98. The lowest BCUT2D eigenvalue weighted by Gasteiger charge is -2.39. The molecule has 1 aromatic heterocycles. The lowest BCUT2D eigenvalue weighted by molar-refractivity contribution is -0.136. The van der Waals surface area contributed by atoms with Crippen molar-refractivity contribution in [2.75, 3.05) is 18.0 Å². The Kier molecular flexibility index (Phi) is 6.48. The Bertz CT molecular complexity index is 969. The van der Waals surface area contributed by atoms with E-state index in [1.165, 1.54) is 12.6 Å². The molecular weight excluding hydrogens is 415 g/mol. The highest BCUT2D eigenvalue weighted by molar-refractivity contribution is 5.94. The minimum Gasteiger partial charge on any atom is -0.370 e. The van der Waals surface area contributed by atoms with Gasteiger partial charge in [0.2, 0.25) is 0 Å². The summed E-state index contributed by atoms with van der Waals surface area (Å²) in [6, 6.07) is 6.06. The third kappa shape index (κ3) is 5.08. The summed E-state index contributed by atoms with van der Waals surface area (Å²) in [5.41, 5.74) is 6.16. The number of fused-ring (bicyclic) bond motifs is 1. The number of ketones is 1. The van der Waals surface area contributed by atoms with Gasteiger partial charge >= 0.3 is 6.18 Å². The summed E-state index contributed by atoms with van der Waals surface area (Å²) in [6.45, 7) is 3.55. The maximum Gasteiger partial charge on any atom is 0.418 e. The third-order valence-corrected chi connectivity index (χ3v) is 7.05. The van der Waals surface area contributed by atoms with Crippen LogP contribution in [-0.4, -0.2) is 29.4 Å². The van der Waals surface area contributed by atoms with Crippen LogP contribution in [0.25, 0.3) is 10.9 Å². The van der Waals surface area contributed by atoms with Crippen molar-refractivity contribution in [2.45, 2.75) is 70.0 Å². The fourth-order valence-corrected chi connectivity index (χ4v) is 5.71. The zero-order chi connectivity index (χ0) is 22.9. The molecule has 0 spiro atoms. The molecule has 0 amide bonds. The van der Waals surface area contributed by atoms with Gasteiger partial charge in [0, 0.05) is 48.7 Å². The Morgan fingerprint density at radius 2 is 1.94 bits per heavy atom. The standard InChI is InChI=1S/C25H32F3N3O/c1-17-12-18(13-19(32)14-24(29)9-3-2-4-10-24)16-31(15-17)22-8-7-21(25(26,27)28)23-20(22)6-5-11-30-23/h5-8,11,17-18H,2-4,9-10,12-16,29H2,1H3/t17-,18-/m0/s1. The molecule has 2 N–H and O–H groups in total. The van der Waals surface area contributed by atoms with Gasteiger partial charge in [-0.05, 0) is 55.4 Å². The van der Waals surface area contributed by atoms with Crippen molar-refractivity contribution >= 4 is 22.4 Å². The predicted molar refractivity (Wildman–Crippen MR) is 120 cm³/mol. The number of halogens is 3. The second-order valence-corrected chi connectivity index (χ2v) is 9.98. The summed E-state index contributed by atoms with van der Waals surface area (Å²) in [6.07, 6.45) is 4.01. The molecule has 174 valence electrons. The number of anilines is 1. The minimum absolute atomic E-state index is 0.0225. The molecule has 7 heteroatoms. The van der Waals surface area contributed by atoms with E-state index < -0.39 is 11.7 Å². The summed E-state index contributed by atoms with van der Waals surface area (Å²) >= 11 is 0. The highest BCUT2D eigenvalue weighted by Crippen LogP contribution is 2.39. The molecule has 1 saturated carbocycles. The molecule has 4 rings (SSSR count). The predicted octanol–water partition coefficient (Wildman–Crippen LogP) is 5.73.